The molecule has 0 aliphatic carbocycles. The second-order valence-electron chi connectivity index (χ2n) is 14.8. The molecule has 1 unspecified atom stereocenters. The molecule has 2 aliphatic heterocycles. The topological polar surface area (TPSA) is 201 Å². The molecule has 0 saturated carbocycles. The van der Waals surface area contributed by atoms with Gasteiger partial charge >= 0.3 is 12.2 Å². The van der Waals surface area contributed by atoms with E-state index in [9.17, 15) is 19.2 Å². The number of nitrogens with one attached hydrogen (secondary N) is 4. The lowest BCUT2D eigenvalue weighted by Crippen LogP contribution is -2.51. The van der Waals surface area contributed by atoms with Crippen molar-refractivity contribution in [2.24, 2.45) is 11.8 Å². The number of fused-ring (bicyclic) bond motifs is 2. The number of carbonyl (C=O) groups is 4. The highest BCUT2D eigenvalue weighted by atomic mass is 16.5. The van der Waals surface area contributed by atoms with Crippen LogP contribution in [0.5, 0.6) is 0 Å². The van der Waals surface area contributed by atoms with Crippen LogP contribution in [0.4, 0.5) is 9.59 Å². The molecule has 0 spiro atoms. The van der Waals surface area contributed by atoms with Gasteiger partial charge in [-0.2, -0.15) is 0 Å². The Labute approximate surface area is 317 Å². The average Bonchev–Trinajstić information content (AvgIpc) is 4.02. The van der Waals surface area contributed by atoms with Crippen molar-refractivity contribution in [3.8, 4) is 22.8 Å². The molecule has 290 valence electrons. The maximum absolute atomic E-state index is 13.7. The van der Waals surface area contributed by atoms with Gasteiger partial charge in [-0.25, -0.2) is 24.5 Å². The molecule has 7 rings (SSSR count). The number of para-hydroxylation sites is 1. The minimum absolute atomic E-state index is 0.130. The minimum atomic E-state index is -0.729. The fourth-order valence-electron chi connectivity index (χ4n) is 7.64. The Morgan fingerprint density at radius 1 is 0.800 bits per heavy atom. The van der Waals surface area contributed by atoms with Crippen molar-refractivity contribution in [2.45, 2.75) is 77.5 Å². The summed E-state index contributed by atoms with van der Waals surface area (Å²) >= 11 is 0. The number of benzene rings is 2. The van der Waals surface area contributed by atoms with Gasteiger partial charge in [-0.1, -0.05) is 33.8 Å². The second kappa shape index (κ2) is 15.4. The number of amides is 4. The fourth-order valence-corrected chi connectivity index (χ4v) is 7.64. The Morgan fingerprint density at radius 3 is 1.96 bits per heavy atom. The highest BCUT2D eigenvalue weighted by Crippen LogP contribution is 2.37. The predicted octanol–water partition coefficient (Wildman–Crippen LogP) is 5.85. The quantitative estimate of drug-likeness (QED) is 0.134. The molecule has 5 aromatic rings. The van der Waals surface area contributed by atoms with E-state index in [-0.39, 0.29) is 35.7 Å². The lowest BCUT2D eigenvalue weighted by molar-refractivity contribution is -0.136. The van der Waals surface area contributed by atoms with Crippen LogP contribution in [0.15, 0.2) is 47.0 Å². The van der Waals surface area contributed by atoms with Gasteiger partial charge in [0.2, 0.25) is 17.7 Å². The first-order valence-corrected chi connectivity index (χ1v) is 18.7. The Kier molecular flexibility index (Phi) is 10.5. The highest BCUT2D eigenvalue weighted by Gasteiger charge is 2.39. The third-order valence-corrected chi connectivity index (χ3v) is 10.5. The standard InChI is InChI=1S/C39H47N9O7/c1-20(2)30(45-38(51)53-5)36(49)47-16-8-12-27(47)33-41-24-15-14-22(18-26(24)43-33)29-19-40-35(55-29)23-10-7-11-25-32(23)44-34(42-25)28-13-9-17-48(28)37(50)31(21(3)4)46-39(52)54-6/h7,10-11,14-15,18-21,27-28,30-31H,8-9,12-13,16-17H2,1-6H3,(H,41,43)(H,42,44)(H,45,51)(H,46,52)/t27?,28-,30-,31-/m0/s1. The van der Waals surface area contributed by atoms with Crippen molar-refractivity contribution >= 4 is 46.1 Å². The molecule has 0 radical (unpaired) electrons. The summed E-state index contributed by atoms with van der Waals surface area (Å²) < 4.78 is 15.9. The Morgan fingerprint density at radius 2 is 1.38 bits per heavy atom. The summed E-state index contributed by atoms with van der Waals surface area (Å²) in [6.45, 7) is 8.66. The number of likely N-dealkylation sites (tertiary alicyclic amines) is 2. The SMILES string of the molecule is COC(=O)N[C@H](C(=O)N1CCCC1c1nc2ccc(-c3cnc(-c4cccc5[nH]c([C@@H]6CCCN6C(=O)[C@@H](NC(=O)OC)C(C)C)nc45)o3)cc2[nH]1)C(C)C. The first-order chi connectivity index (χ1) is 26.5. The first-order valence-electron chi connectivity index (χ1n) is 18.7. The van der Waals surface area contributed by atoms with Gasteiger partial charge in [0.15, 0.2) is 5.76 Å². The molecule has 4 atom stereocenters. The number of H-pyrrole nitrogens is 2. The predicted molar refractivity (Wildman–Crippen MR) is 202 cm³/mol. The summed E-state index contributed by atoms with van der Waals surface area (Å²) in [5.74, 6) is 1.67. The number of methoxy groups -OCH3 is 2. The van der Waals surface area contributed by atoms with E-state index in [0.717, 1.165) is 47.8 Å². The van der Waals surface area contributed by atoms with Crippen LogP contribution in [0.1, 0.15) is 77.1 Å². The van der Waals surface area contributed by atoms with Gasteiger partial charge in [-0.15, -0.1) is 0 Å². The molecule has 2 aromatic carbocycles. The lowest BCUT2D eigenvalue weighted by Gasteiger charge is -2.29. The number of rotatable bonds is 10. The monoisotopic (exact) mass is 753 g/mol. The maximum Gasteiger partial charge on any atom is 0.407 e. The largest absolute Gasteiger partial charge is 0.453 e. The Balaban J connectivity index is 1.11. The highest BCUT2D eigenvalue weighted by molar-refractivity contribution is 5.91. The van der Waals surface area contributed by atoms with E-state index in [4.69, 9.17) is 23.9 Å². The van der Waals surface area contributed by atoms with E-state index >= 15 is 0 Å². The molecule has 2 fully saturated rings. The van der Waals surface area contributed by atoms with Gasteiger partial charge in [0.05, 0.1) is 54.6 Å². The number of ether oxygens (including phenoxy) is 2. The molecule has 4 amide bonds. The molecular formula is C39H47N9O7. The number of carbonyl (C=O) groups excluding carboxylic acids is 4. The van der Waals surface area contributed by atoms with Crippen LogP contribution in [-0.4, -0.2) is 98.1 Å². The van der Waals surface area contributed by atoms with Crippen molar-refractivity contribution in [1.29, 1.82) is 0 Å². The fraction of sp³-hybridized carbons (Fsp3) is 0.462. The number of hydrogen-bond acceptors (Lipinski definition) is 10. The van der Waals surface area contributed by atoms with Crippen molar-refractivity contribution in [3.63, 3.8) is 0 Å². The minimum Gasteiger partial charge on any atom is -0.453 e. The van der Waals surface area contributed by atoms with Crippen molar-refractivity contribution in [2.75, 3.05) is 27.3 Å². The van der Waals surface area contributed by atoms with Gasteiger partial charge in [0.25, 0.3) is 0 Å². The van der Waals surface area contributed by atoms with E-state index in [1.807, 2.05) is 64.1 Å². The molecule has 16 nitrogen and oxygen atoms in total. The number of hydrogen-bond donors (Lipinski definition) is 4. The Hall–Kier alpha value is -5.93. The van der Waals surface area contributed by atoms with E-state index in [0.29, 0.717) is 47.5 Å². The molecule has 2 aliphatic rings. The molecule has 0 bridgehead atoms. The van der Waals surface area contributed by atoms with Gasteiger partial charge in [-0.3, -0.25) is 9.59 Å². The number of alkyl carbamates (subject to hydrolysis) is 2. The van der Waals surface area contributed by atoms with Crippen LogP contribution in [0.25, 0.3) is 44.8 Å². The van der Waals surface area contributed by atoms with Crippen LogP contribution in [-0.2, 0) is 19.1 Å². The normalized spacial score (nSPS) is 18.3. The molecule has 3 aromatic heterocycles. The van der Waals surface area contributed by atoms with Gasteiger partial charge < -0.3 is 44.3 Å². The maximum atomic E-state index is 13.7. The van der Waals surface area contributed by atoms with E-state index < -0.39 is 24.3 Å². The zero-order valence-corrected chi connectivity index (χ0v) is 31.8. The number of imidazole rings is 2. The zero-order chi connectivity index (χ0) is 39.0. The van der Waals surface area contributed by atoms with Crippen LogP contribution < -0.4 is 10.6 Å². The van der Waals surface area contributed by atoms with Gasteiger partial charge in [0, 0.05) is 18.7 Å². The lowest BCUT2D eigenvalue weighted by atomic mass is 10.0. The van der Waals surface area contributed by atoms with Gasteiger partial charge in [0.1, 0.15) is 29.2 Å². The summed E-state index contributed by atoms with van der Waals surface area (Å²) in [5.41, 5.74) is 4.48. The summed E-state index contributed by atoms with van der Waals surface area (Å²) in [4.78, 5) is 76.2. The summed E-state index contributed by atoms with van der Waals surface area (Å²) in [7, 11) is 2.56. The van der Waals surface area contributed by atoms with Crippen molar-refractivity contribution in [3.05, 3.63) is 54.2 Å². The zero-order valence-electron chi connectivity index (χ0n) is 31.8. The summed E-state index contributed by atoms with van der Waals surface area (Å²) in [6.07, 6.45) is 3.48. The molecule has 5 heterocycles. The number of nitrogens with zero attached hydrogens (tertiary/aromatic N) is 5. The molecule has 55 heavy (non-hydrogen) atoms. The van der Waals surface area contributed by atoms with Crippen LogP contribution in [0.2, 0.25) is 0 Å². The van der Waals surface area contributed by atoms with Crippen LogP contribution in [0.3, 0.4) is 0 Å². The summed E-state index contributed by atoms with van der Waals surface area (Å²) in [5, 5.41) is 5.38. The molecule has 4 N–H and O–H groups in total. The number of aromatic nitrogens is 5. The van der Waals surface area contributed by atoms with Crippen LogP contribution >= 0.6 is 0 Å². The van der Waals surface area contributed by atoms with E-state index in [2.05, 4.69) is 25.6 Å². The molecule has 2 saturated heterocycles. The average molecular weight is 754 g/mol. The van der Waals surface area contributed by atoms with Crippen molar-refractivity contribution < 1.29 is 33.1 Å². The summed E-state index contributed by atoms with van der Waals surface area (Å²) in [6, 6.07) is 9.51. The smallest absolute Gasteiger partial charge is 0.407 e. The Bertz CT molecular complexity index is 2220. The molecular weight excluding hydrogens is 706 g/mol. The second-order valence-corrected chi connectivity index (χ2v) is 14.8. The number of oxazole rings is 1. The first kappa shape index (κ1) is 37.4. The van der Waals surface area contributed by atoms with E-state index in [1.165, 1.54) is 14.2 Å². The molecule has 16 heteroatoms. The van der Waals surface area contributed by atoms with E-state index in [1.54, 1.807) is 16.0 Å². The van der Waals surface area contributed by atoms with Gasteiger partial charge in [-0.05, 0) is 67.9 Å². The van der Waals surface area contributed by atoms with Crippen molar-refractivity contribution in [1.82, 2.24) is 45.4 Å². The third kappa shape index (κ3) is 7.32. The number of aromatic amines is 2. The van der Waals surface area contributed by atoms with Crippen LogP contribution in [0, 0.1) is 11.8 Å². The third-order valence-electron chi connectivity index (χ3n) is 10.5.